The van der Waals surface area contributed by atoms with Gasteiger partial charge >= 0.3 is 0 Å². The topological polar surface area (TPSA) is 76.0 Å². The monoisotopic (exact) mass is 368 g/mol. The first-order valence-corrected chi connectivity index (χ1v) is 9.91. The predicted octanol–water partition coefficient (Wildman–Crippen LogP) is 1.68. The van der Waals surface area contributed by atoms with E-state index < -0.39 is 11.9 Å². The number of likely N-dealkylation sites (tertiary alicyclic amines) is 1. The fraction of sp³-hybridized carbons (Fsp3) is 0.571. The first-order chi connectivity index (χ1) is 13.0. The summed E-state index contributed by atoms with van der Waals surface area (Å²) in [6, 6.07) is 5.93. The van der Waals surface area contributed by atoms with Gasteiger partial charge in [-0.25, -0.2) is 4.99 Å². The summed E-state index contributed by atoms with van der Waals surface area (Å²) in [7, 11) is 0. The Morgan fingerprint density at radius 2 is 1.89 bits per heavy atom. The second-order valence-electron chi connectivity index (χ2n) is 8.11. The number of rotatable bonds is 3. The molecule has 0 aliphatic carbocycles. The Morgan fingerprint density at radius 3 is 2.56 bits per heavy atom. The number of aliphatic imine (C=N–C) groups is 1. The Labute approximate surface area is 159 Å². The van der Waals surface area contributed by atoms with Gasteiger partial charge in [0.1, 0.15) is 0 Å². The van der Waals surface area contributed by atoms with Crippen LogP contribution >= 0.6 is 0 Å². The van der Waals surface area contributed by atoms with E-state index in [1.807, 2.05) is 12.1 Å². The summed E-state index contributed by atoms with van der Waals surface area (Å²) in [6.45, 7) is 7.06. The van der Waals surface area contributed by atoms with Crippen molar-refractivity contribution >= 4 is 17.7 Å². The maximum absolute atomic E-state index is 12.9. The van der Waals surface area contributed by atoms with Crippen molar-refractivity contribution in [2.45, 2.75) is 64.1 Å². The molecule has 0 aromatic heterocycles. The third-order valence-electron chi connectivity index (χ3n) is 6.26. The molecule has 6 heteroatoms. The zero-order valence-electron chi connectivity index (χ0n) is 16.0. The normalized spacial score (nSPS) is 24.5. The summed E-state index contributed by atoms with van der Waals surface area (Å²) in [5.74, 6) is -0.498. The number of hydrogen-bond acceptors (Lipinski definition) is 4. The van der Waals surface area contributed by atoms with Gasteiger partial charge in [-0.3, -0.25) is 9.59 Å². The van der Waals surface area contributed by atoms with Gasteiger partial charge in [0, 0.05) is 24.6 Å². The molecule has 1 fully saturated rings. The van der Waals surface area contributed by atoms with Gasteiger partial charge < -0.3 is 14.9 Å². The Morgan fingerprint density at radius 1 is 1.15 bits per heavy atom. The van der Waals surface area contributed by atoms with E-state index in [4.69, 9.17) is 0 Å². The molecule has 3 heterocycles. The van der Waals surface area contributed by atoms with E-state index in [0.717, 1.165) is 31.5 Å². The fourth-order valence-corrected chi connectivity index (χ4v) is 4.67. The highest BCUT2D eigenvalue weighted by Crippen LogP contribution is 2.37. The van der Waals surface area contributed by atoms with Gasteiger partial charge in [-0.15, -0.1) is 0 Å². The summed E-state index contributed by atoms with van der Waals surface area (Å²) in [6.07, 6.45) is 2.80. The molecule has 1 aromatic carbocycles. The van der Waals surface area contributed by atoms with Gasteiger partial charge in [0.2, 0.25) is 5.91 Å². The van der Waals surface area contributed by atoms with Crippen LogP contribution in [0.25, 0.3) is 0 Å². The number of carbonyl (C=O) groups is 2. The third kappa shape index (κ3) is 3.27. The lowest BCUT2D eigenvalue weighted by Crippen LogP contribution is -2.48. The molecule has 4 rings (SSSR count). The van der Waals surface area contributed by atoms with Crippen molar-refractivity contribution < 1.29 is 14.7 Å². The molecule has 6 nitrogen and oxygen atoms in total. The molecule has 1 unspecified atom stereocenters. The maximum Gasteiger partial charge on any atom is 0.255 e. The first-order valence-electron chi connectivity index (χ1n) is 9.91. The number of fused-ring (bicyclic) bond motifs is 1. The van der Waals surface area contributed by atoms with E-state index >= 15 is 0 Å². The van der Waals surface area contributed by atoms with Gasteiger partial charge in [-0.05, 0) is 75.2 Å². The van der Waals surface area contributed by atoms with E-state index in [1.54, 1.807) is 4.90 Å². The molecule has 0 spiro atoms. The lowest BCUT2D eigenvalue weighted by molar-refractivity contribution is -0.225. The molecule has 0 N–H and O–H groups in total. The molecule has 144 valence electrons. The number of benzene rings is 1. The van der Waals surface area contributed by atoms with E-state index in [9.17, 15) is 14.7 Å². The number of hydrogen-bond donors (Lipinski definition) is 0. The van der Waals surface area contributed by atoms with Crippen LogP contribution in [0, 0.1) is 0 Å². The number of nitrogens with zero attached hydrogens (tertiary/aromatic N) is 3. The SMILES string of the molecule is CC(C)N1CCC(c2cccc3c2CN(C2CCC(=O)N=C2[O-])C3=O)CC1. The molecule has 0 radical (unpaired) electrons. The summed E-state index contributed by atoms with van der Waals surface area (Å²) in [5.41, 5.74) is 3.03. The van der Waals surface area contributed by atoms with Crippen molar-refractivity contribution in [3.05, 3.63) is 34.9 Å². The van der Waals surface area contributed by atoms with Crippen LogP contribution < -0.4 is 5.11 Å². The number of carbonyl (C=O) groups excluding carboxylic acids is 2. The molecule has 0 bridgehead atoms. The summed E-state index contributed by atoms with van der Waals surface area (Å²) < 4.78 is 0. The smallest absolute Gasteiger partial charge is 0.255 e. The van der Waals surface area contributed by atoms with Crippen molar-refractivity contribution in [3.8, 4) is 0 Å². The average Bonchev–Trinajstić information content (AvgIpc) is 2.98. The Balaban J connectivity index is 1.57. The summed E-state index contributed by atoms with van der Waals surface area (Å²) in [4.78, 5) is 32.0. The first kappa shape index (κ1) is 18.2. The van der Waals surface area contributed by atoms with Gasteiger partial charge in [0.15, 0.2) is 0 Å². The highest BCUT2D eigenvalue weighted by atomic mass is 16.3. The Hall–Kier alpha value is -2.21. The van der Waals surface area contributed by atoms with Crippen molar-refractivity contribution in [1.29, 1.82) is 0 Å². The van der Waals surface area contributed by atoms with Crippen LogP contribution in [-0.2, 0) is 11.3 Å². The second kappa shape index (κ2) is 7.08. The van der Waals surface area contributed by atoms with Gasteiger partial charge in [-0.1, -0.05) is 12.1 Å². The fourth-order valence-electron chi connectivity index (χ4n) is 4.67. The Bertz CT molecular complexity index is 794. The van der Waals surface area contributed by atoms with Crippen molar-refractivity contribution in [2.24, 2.45) is 4.99 Å². The van der Waals surface area contributed by atoms with Gasteiger partial charge in [-0.2, -0.15) is 0 Å². The number of amides is 2. The second-order valence-corrected chi connectivity index (χ2v) is 8.11. The molecule has 1 aromatic rings. The lowest BCUT2D eigenvalue weighted by Gasteiger charge is -2.35. The molecule has 1 atom stereocenters. The molecule has 2 amide bonds. The molecular formula is C21H26N3O3-. The largest absolute Gasteiger partial charge is 0.860 e. The zero-order chi connectivity index (χ0) is 19.1. The van der Waals surface area contributed by atoms with E-state index in [1.165, 1.54) is 5.56 Å². The van der Waals surface area contributed by atoms with Crippen LogP contribution in [-0.4, -0.2) is 52.7 Å². The van der Waals surface area contributed by atoms with Crippen molar-refractivity contribution in [3.63, 3.8) is 0 Å². The average molecular weight is 368 g/mol. The molecule has 3 aliphatic rings. The van der Waals surface area contributed by atoms with Crippen molar-refractivity contribution in [2.75, 3.05) is 13.1 Å². The minimum absolute atomic E-state index is 0.102. The van der Waals surface area contributed by atoms with Crippen LogP contribution in [0.1, 0.15) is 66.9 Å². The standard InChI is InChI=1S/C21H27N3O3/c1-13(2)23-10-8-14(9-11-23)15-4-3-5-16-17(15)12-24(21(16)27)18-6-7-19(25)22-20(18)26/h3-5,13-14,18H,6-12H2,1-2H3,(H,22,25,26)/p-1. The van der Waals surface area contributed by atoms with Gasteiger partial charge in [0.05, 0.1) is 6.04 Å². The van der Waals surface area contributed by atoms with Crippen LogP contribution in [0.2, 0.25) is 0 Å². The highest BCUT2D eigenvalue weighted by molar-refractivity contribution is 6.03. The molecule has 0 saturated carbocycles. The molecular weight excluding hydrogens is 342 g/mol. The van der Waals surface area contributed by atoms with E-state index in [0.29, 0.717) is 30.5 Å². The molecule has 27 heavy (non-hydrogen) atoms. The molecule has 1 saturated heterocycles. The summed E-state index contributed by atoms with van der Waals surface area (Å²) in [5, 5.41) is 12.2. The summed E-state index contributed by atoms with van der Waals surface area (Å²) >= 11 is 0. The van der Waals surface area contributed by atoms with Gasteiger partial charge in [0.25, 0.3) is 5.91 Å². The van der Waals surface area contributed by atoms with Crippen LogP contribution in [0.15, 0.2) is 23.2 Å². The van der Waals surface area contributed by atoms with E-state index in [-0.39, 0.29) is 18.2 Å². The minimum atomic E-state index is -0.599. The zero-order valence-corrected chi connectivity index (χ0v) is 16.0. The highest BCUT2D eigenvalue weighted by Gasteiger charge is 2.37. The maximum atomic E-state index is 12.9. The van der Waals surface area contributed by atoms with E-state index in [2.05, 4.69) is 29.8 Å². The van der Waals surface area contributed by atoms with Crippen LogP contribution in [0.5, 0.6) is 0 Å². The van der Waals surface area contributed by atoms with Crippen LogP contribution in [0.4, 0.5) is 0 Å². The van der Waals surface area contributed by atoms with Crippen LogP contribution in [0.3, 0.4) is 0 Å². The minimum Gasteiger partial charge on any atom is -0.860 e. The lowest BCUT2D eigenvalue weighted by atomic mass is 9.85. The predicted molar refractivity (Wildman–Crippen MR) is 100 cm³/mol. The molecule has 3 aliphatic heterocycles. The Kier molecular flexibility index (Phi) is 4.76. The number of piperidine rings is 1. The van der Waals surface area contributed by atoms with Crippen molar-refractivity contribution in [1.82, 2.24) is 9.80 Å². The quantitative estimate of drug-likeness (QED) is 0.813. The third-order valence-corrected chi connectivity index (χ3v) is 6.26.